The molecule has 1 atom stereocenters. The first-order chi connectivity index (χ1) is 13.6. The third kappa shape index (κ3) is 4.31. The van der Waals surface area contributed by atoms with Gasteiger partial charge >= 0.3 is 0 Å². The Balaban J connectivity index is 1.40. The lowest BCUT2D eigenvalue weighted by molar-refractivity contribution is 0.246. The normalized spacial score (nSPS) is 20.5. The quantitative estimate of drug-likeness (QED) is 0.863. The van der Waals surface area contributed by atoms with E-state index in [2.05, 4.69) is 59.3 Å². The first-order valence-electron chi connectivity index (χ1n) is 10.4. The number of methoxy groups -OCH3 is 1. The van der Waals surface area contributed by atoms with Crippen molar-refractivity contribution in [3.63, 3.8) is 0 Å². The minimum atomic E-state index is 0.564. The first-order valence-corrected chi connectivity index (χ1v) is 10.4. The number of piperazine rings is 1. The van der Waals surface area contributed by atoms with Crippen LogP contribution in [0.1, 0.15) is 34.9 Å². The highest BCUT2D eigenvalue weighted by Crippen LogP contribution is 2.27. The van der Waals surface area contributed by atoms with Crippen LogP contribution in [0.5, 0.6) is 5.75 Å². The van der Waals surface area contributed by atoms with Gasteiger partial charge in [-0.05, 0) is 50.6 Å². The molecule has 1 aromatic carbocycles. The lowest BCUT2D eigenvalue weighted by Gasteiger charge is -2.36. The van der Waals surface area contributed by atoms with Crippen LogP contribution in [-0.2, 0) is 6.54 Å². The Labute approximate surface area is 168 Å². The Morgan fingerprint density at radius 3 is 2.64 bits per heavy atom. The van der Waals surface area contributed by atoms with Gasteiger partial charge < -0.3 is 15.0 Å². The summed E-state index contributed by atoms with van der Waals surface area (Å²) in [7, 11) is 1.76. The van der Waals surface area contributed by atoms with Crippen molar-refractivity contribution < 1.29 is 4.74 Å². The first kappa shape index (κ1) is 19.2. The molecule has 1 N–H and O–H groups in total. The summed E-state index contributed by atoms with van der Waals surface area (Å²) in [5.74, 6) is 1.57. The molecule has 0 bridgehead atoms. The summed E-state index contributed by atoms with van der Waals surface area (Å²) >= 11 is 0. The fourth-order valence-corrected chi connectivity index (χ4v) is 4.36. The average Bonchev–Trinajstić information content (AvgIpc) is 3.24. The molecule has 1 unspecified atom stereocenters. The van der Waals surface area contributed by atoms with E-state index in [0.29, 0.717) is 5.92 Å². The predicted octanol–water partition coefficient (Wildman–Crippen LogP) is 3.11. The van der Waals surface area contributed by atoms with Gasteiger partial charge in [0.2, 0.25) is 0 Å². The number of hydrogen-bond donors (Lipinski definition) is 1. The highest BCUT2D eigenvalue weighted by molar-refractivity contribution is 5.49. The van der Waals surface area contributed by atoms with Crippen molar-refractivity contribution in [1.82, 2.24) is 15.2 Å². The Bertz CT molecular complexity index is 808. The molecule has 2 fully saturated rings. The van der Waals surface area contributed by atoms with Gasteiger partial charge in [-0.1, -0.05) is 12.1 Å². The van der Waals surface area contributed by atoms with E-state index in [1.165, 1.54) is 28.9 Å². The summed E-state index contributed by atoms with van der Waals surface area (Å²) < 4.78 is 5.58. The monoisotopic (exact) mass is 380 g/mol. The number of pyridine rings is 1. The van der Waals surface area contributed by atoms with Crippen LogP contribution in [0, 0.1) is 13.8 Å². The van der Waals surface area contributed by atoms with Crippen molar-refractivity contribution in [2.75, 3.05) is 51.3 Å². The summed E-state index contributed by atoms with van der Waals surface area (Å²) in [5, 5.41) is 3.46. The van der Waals surface area contributed by atoms with Crippen molar-refractivity contribution in [2.45, 2.75) is 32.7 Å². The van der Waals surface area contributed by atoms with Gasteiger partial charge in [-0.3, -0.25) is 9.88 Å². The van der Waals surface area contributed by atoms with Gasteiger partial charge in [0.05, 0.1) is 7.11 Å². The lowest BCUT2D eigenvalue weighted by atomic mass is 10.0. The minimum absolute atomic E-state index is 0.564. The zero-order chi connectivity index (χ0) is 19.5. The van der Waals surface area contributed by atoms with Crippen molar-refractivity contribution >= 4 is 5.69 Å². The number of rotatable bonds is 5. The average molecular weight is 381 g/mol. The van der Waals surface area contributed by atoms with E-state index in [1.807, 2.05) is 0 Å². The molecule has 1 aromatic heterocycles. The molecule has 0 saturated carbocycles. The van der Waals surface area contributed by atoms with E-state index >= 15 is 0 Å². The highest BCUT2D eigenvalue weighted by atomic mass is 16.5. The summed E-state index contributed by atoms with van der Waals surface area (Å²) in [5.41, 5.74) is 6.24. The van der Waals surface area contributed by atoms with Crippen LogP contribution in [-0.4, -0.2) is 56.3 Å². The largest absolute Gasteiger partial charge is 0.496 e. The molecule has 0 radical (unpaired) electrons. The van der Waals surface area contributed by atoms with Crippen LogP contribution in [0.25, 0.3) is 0 Å². The molecule has 2 aliphatic rings. The van der Waals surface area contributed by atoms with E-state index in [1.54, 1.807) is 7.11 Å². The fraction of sp³-hybridized carbons (Fsp3) is 0.522. The summed E-state index contributed by atoms with van der Waals surface area (Å²) in [6.45, 7) is 11.6. The Morgan fingerprint density at radius 1 is 1.11 bits per heavy atom. The Hall–Kier alpha value is -2.11. The van der Waals surface area contributed by atoms with E-state index in [4.69, 9.17) is 9.72 Å². The van der Waals surface area contributed by atoms with Crippen molar-refractivity contribution in [3.8, 4) is 5.75 Å². The van der Waals surface area contributed by atoms with Crippen LogP contribution in [0.15, 0.2) is 30.3 Å². The molecule has 0 aliphatic carbocycles. The molecule has 0 spiro atoms. The van der Waals surface area contributed by atoms with Crippen molar-refractivity contribution in [1.29, 1.82) is 0 Å². The Morgan fingerprint density at radius 2 is 1.93 bits per heavy atom. The highest BCUT2D eigenvalue weighted by Gasteiger charge is 2.22. The van der Waals surface area contributed by atoms with Gasteiger partial charge in [-0.2, -0.15) is 0 Å². The summed E-state index contributed by atoms with van der Waals surface area (Å²) in [6.07, 6.45) is 1.20. The van der Waals surface area contributed by atoms with E-state index in [-0.39, 0.29) is 0 Å². The number of aromatic nitrogens is 1. The molecule has 2 aliphatic heterocycles. The number of nitrogens with one attached hydrogen (secondary N) is 1. The van der Waals surface area contributed by atoms with E-state index < -0.39 is 0 Å². The standard InChI is InChI=1S/C23H32N4O/c1-17-4-5-20(23(12-17)28-3)16-26-8-10-27(11-9-26)21-13-18(2)25-22(14-21)19-6-7-24-15-19/h4-5,12-14,19,24H,6-11,15-16H2,1-3H3. The van der Waals surface area contributed by atoms with Gasteiger partial charge in [-0.25, -0.2) is 0 Å². The molecule has 5 heteroatoms. The number of anilines is 1. The predicted molar refractivity (Wildman–Crippen MR) is 114 cm³/mol. The second-order valence-corrected chi connectivity index (χ2v) is 8.16. The number of benzene rings is 1. The molecular weight excluding hydrogens is 348 g/mol. The number of hydrogen-bond acceptors (Lipinski definition) is 5. The number of ether oxygens (including phenoxy) is 1. The molecule has 3 heterocycles. The zero-order valence-corrected chi connectivity index (χ0v) is 17.4. The number of nitrogens with zero attached hydrogens (tertiary/aromatic N) is 3. The molecule has 150 valence electrons. The van der Waals surface area contributed by atoms with Gasteiger partial charge in [-0.15, -0.1) is 0 Å². The summed E-state index contributed by atoms with van der Waals surface area (Å²) in [4.78, 5) is 9.86. The third-order valence-corrected chi connectivity index (χ3v) is 6.01. The molecule has 5 nitrogen and oxygen atoms in total. The van der Waals surface area contributed by atoms with Crippen molar-refractivity contribution in [2.24, 2.45) is 0 Å². The molecular formula is C23H32N4O. The van der Waals surface area contributed by atoms with Crippen LogP contribution < -0.4 is 15.0 Å². The SMILES string of the molecule is COc1cc(C)ccc1CN1CCN(c2cc(C)nc(C3CCNC3)c2)CC1. The molecule has 28 heavy (non-hydrogen) atoms. The second kappa shape index (κ2) is 8.50. The van der Waals surface area contributed by atoms with Crippen LogP contribution in [0.3, 0.4) is 0 Å². The van der Waals surface area contributed by atoms with Crippen LogP contribution in [0.4, 0.5) is 5.69 Å². The maximum absolute atomic E-state index is 5.58. The maximum atomic E-state index is 5.58. The van der Waals surface area contributed by atoms with Gasteiger partial charge in [0.15, 0.2) is 0 Å². The molecule has 2 aromatic rings. The Kier molecular flexibility index (Phi) is 5.83. The third-order valence-electron chi connectivity index (χ3n) is 6.01. The van der Waals surface area contributed by atoms with Crippen LogP contribution >= 0.6 is 0 Å². The maximum Gasteiger partial charge on any atom is 0.123 e. The minimum Gasteiger partial charge on any atom is -0.496 e. The lowest BCUT2D eigenvalue weighted by Crippen LogP contribution is -2.46. The van der Waals surface area contributed by atoms with Crippen molar-refractivity contribution in [3.05, 3.63) is 52.8 Å². The van der Waals surface area contributed by atoms with E-state index in [9.17, 15) is 0 Å². The van der Waals surface area contributed by atoms with Gasteiger partial charge in [0.1, 0.15) is 5.75 Å². The number of aryl methyl sites for hydroxylation is 2. The van der Waals surface area contributed by atoms with Gasteiger partial charge in [0, 0.05) is 67.8 Å². The molecule has 0 amide bonds. The smallest absolute Gasteiger partial charge is 0.123 e. The summed E-state index contributed by atoms with van der Waals surface area (Å²) in [6, 6.07) is 11.1. The zero-order valence-electron chi connectivity index (χ0n) is 17.4. The fourth-order valence-electron chi connectivity index (χ4n) is 4.36. The van der Waals surface area contributed by atoms with Gasteiger partial charge in [0.25, 0.3) is 0 Å². The topological polar surface area (TPSA) is 40.6 Å². The van der Waals surface area contributed by atoms with E-state index in [0.717, 1.165) is 57.3 Å². The van der Waals surface area contributed by atoms with Crippen LogP contribution in [0.2, 0.25) is 0 Å². The molecule has 2 saturated heterocycles. The molecule has 4 rings (SSSR count). The second-order valence-electron chi connectivity index (χ2n) is 8.16.